The topological polar surface area (TPSA) is 38.3 Å². The fourth-order valence-corrected chi connectivity index (χ4v) is 2.54. The van der Waals surface area contributed by atoms with Gasteiger partial charge in [-0.25, -0.2) is 0 Å². The summed E-state index contributed by atoms with van der Waals surface area (Å²) in [6, 6.07) is 10.3. The van der Waals surface area contributed by atoms with Crippen LogP contribution in [0.1, 0.15) is 38.2 Å². The van der Waals surface area contributed by atoms with Gasteiger partial charge in [0.2, 0.25) is 5.91 Å². The van der Waals surface area contributed by atoms with Gasteiger partial charge in [-0.3, -0.25) is 4.79 Å². The Hall–Kier alpha value is -1.35. The standard InChI is InChI=1S/C17H25NO2/c1-17(10-12-20-13-11-17)14-18-16(19)9-5-8-15-6-3-2-4-7-15/h2-4,6-7H,5,8-14H2,1H3,(H,18,19). The second-order valence-corrected chi connectivity index (χ2v) is 6.04. The molecule has 3 nitrogen and oxygen atoms in total. The van der Waals surface area contributed by atoms with Gasteiger partial charge in [0.15, 0.2) is 0 Å². The SMILES string of the molecule is CC1(CNC(=O)CCCc2ccccc2)CCOCC1. The van der Waals surface area contributed by atoms with Crippen molar-refractivity contribution in [1.29, 1.82) is 0 Å². The van der Waals surface area contributed by atoms with Gasteiger partial charge in [0, 0.05) is 26.2 Å². The lowest BCUT2D eigenvalue weighted by Crippen LogP contribution is -2.39. The Morgan fingerprint density at radius 3 is 2.65 bits per heavy atom. The van der Waals surface area contributed by atoms with Crippen LogP contribution in [0.4, 0.5) is 0 Å². The first-order valence-electron chi connectivity index (χ1n) is 7.56. The zero-order valence-corrected chi connectivity index (χ0v) is 12.4. The smallest absolute Gasteiger partial charge is 0.220 e. The summed E-state index contributed by atoms with van der Waals surface area (Å²) in [5, 5.41) is 3.08. The summed E-state index contributed by atoms with van der Waals surface area (Å²) in [5.74, 6) is 0.175. The molecular weight excluding hydrogens is 250 g/mol. The number of ether oxygens (including phenoxy) is 1. The minimum atomic E-state index is 0.175. The fourth-order valence-electron chi connectivity index (χ4n) is 2.54. The maximum Gasteiger partial charge on any atom is 0.220 e. The molecule has 0 atom stereocenters. The molecule has 1 amide bonds. The molecular formula is C17H25NO2. The van der Waals surface area contributed by atoms with Crippen molar-refractivity contribution in [3.05, 3.63) is 35.9 Å². The Bertz CT molecular complexity index is 410. The molecule has 1 aliphatic rings. The molecule has 0 aromatic heterocycles. The largest absolute Gasteiger partial charge is 0.381 e. The first kappa shape index (κ1) is 15.0. The molecule has 1 heterocycles. The Morgan fingerprint density at radius 2 is 1.95 bits per heavy atom. The van der Waals surface area contributed by atoms with E-state index >= 15 is 0 Å². The van der Waals surface area contributed by atoms with Crippen LogP contribution in [0.25, 0.3) is 0 Å². The highest BCUT2D eigenvalue weighted by molar-refractivity contribution is 5.75. The molecule has 0 bridgehead atoms. The van der Waals surface area contributed by atoms with E-state index in [1.165, 1.54) is 5.56 Å². The lowest BCUT2D eigenvalue weighted by atomic mass is 9.82. The van der Waals surface area contributed by atoms with Crippen LogP contribution >= 0.6 is 0 Å². The van der Waals surface area contributed by atoms with Crippen LogP contribution in [0.2, 0.25) is 0 Å². The highest BCUT2D eigenvalue weighted by atomic mass is 16.5. The molecule has 1 aliphatic heterocycles. The monoisotopic (exact) mass is 275 g/mol. The van der Waals surface area contributed by atoms with Gasteiger partial charge in [-0.1, -0.05) is 37.3 Å². The van der Waals surface area contributed by atoms with Gasteiger partial charge in [-0.2, -0.15) is 0 Å². The van der Waals surface area contributed by atoms with Gasteiger partial charge in [0.05, 0.1) is 0 Å². The van der Waals surface area contributed by atoms with Gasteiger partial charge < -0.3 is 10.1 Å². The van der Waals surface area contributed by atoms with Crippen LogP contribution in [-0.2, 0) is 16.0 Å². The summed E-state index contributed by atoms with van der Waals surface area (Å²) in [4.78, 5) is 11.9. The third-order valence-electron chi connectivity index (χ3n) is 4.12. The van der Waals surface area contributed by atoms with Crippen molar-refractivity contribution in [2.45, 2.75) is 39.0 Å². The van der Waals surface area contributed by atoms with E-state index in [9.17, 15) is 4.79 Å². The summed E-state index contributed by atoms with van der Waals surface area (Å²) >= 11 is 0. The predicted octanol–water partition coefficient (Wildman–Crippen LogP) is 2.94. The van der Waals surface area contributed by atoms with Crippen molar-refractivity contribution in [3.8, 4) is 0 Å². The molecule has 110 valence electrons. The van der Waals surface area contributed by atoms with E-state index in [0.717, 1.165) is 45.4 Å². The van der Waals surface area contributed by atoms with Crippen LogP contribution in [-0.4, -0.2) is 25.7 Å². The first-order valence-corrected chi connectivity index (χ1v) is 7.56. The van der Waals surface area contributed by atoms with Crippen molar-refractivity contribution in [2.75, 3.05) is 19.8 Å². The third-order valence-corrected chi connectivity index (χ3v) is 4.12. The van der Waals surface area contributed by atoms with E-state index in [-0.39, 0.29) is 11.3 Å². The first-order chi connectivity index (χ1) is 9.68. The van der Waals surface area contributed by atoms with Gasteiger partial charge in [-0.05, 0) is 36.7 Å². The number of benzene rings is 1. The predicted molar refractivity (Wildman–Crippen MR) is 80.5 cm³/mol. The molecule has 3 heteroatoms. The van der Waals surface area contributed by atoms with Crippen molar-refractivity contribution in [1.82, 2.24) is 5.32 Å². The van der Waals surface area contributed by atoms with Crippen LogP contribution in [0.15, 0.2) is 30.3 Å². The molecule has 0 radical (unpaired) electrons. The van der Waals surface area contributed by atoms with Gasteiger partial charge in [0.25, 0.3) is 0 Å². The highest BCUT2D eigenvalue weighted by Gasteiger charge is 2.27. The molecule has 0 unspecified atom stereocenters. The summed E-state index contributed by atoms with van der Waals surface area (Å²) in [7, 11) is 0. The number of nitrogens with one attached hydrogen (secondary N) is 1. The van der Waals surface area contributed by atoms with E-state index in [4.69, 9.17) is 4.74 Å². The molecule has 20 heavy (non-hydrogen) atoms. The van der Waals surface area contributed by atoms with Gasteiger partial charge in [-0.15, -0.1) is 0 Å². The average Bonchev–Trinajstić information content (AvgIpc) is 2.47. The molecule has 0 saturated carbocycles. The third kappa shape index (κ3) is 4.97. The van der Waals surface area contributed by atoms with Crippen molar-refractivity contribution in [3.63, 3.8) is 0 Å². The van der Waals surface area contributed by atoms with Crippen molar-refractivity contribution in [2.24, 2.45) is 5.41 Å². The van der Waals surface area contributed by atoms with Crippen molar-refractivity contribution < 1.29 is 9.53 Å². The van der Waals surface area contributed by atoms with Gasteiger partial charge in [0.1, 0.15) is 0 Å². The Balaban J connectivity index is 1.63. The van der Waals surface area contributed by atoms with Crippen LogP contribution in [0.3, 0.4) is 0 Å². The number of hydrogen-bond donors (Lipinski definition) is 1. The van der Waals surface area contributed by atoms with Crippen LogP contribution in [0, 0.1) is 5.41 Å². The number of carbonyl (C=O) groups excluding carboxylic acids is 1. The zero-order chi connectivity index (χ0) is 14.3. The number of hydrogen-bond acceptors (Lipinski definition) is 2. The fraction of sp³-hybridized carbons (Fsp3) is 0.588. The molecule has 1 saturated heterocycles. The highest BCUT2D eigenvalue weighted by Crippen LogP contribution is 2.28. The van der Waals surface area contributed by atoms with E-state index in [2.05, 4.69) is 24.4 Å². The average molecular weight is 275 g/mol. The lowest BCUT2D eigenvalue weighted by Gasteiger charge is -2.33. The maximum absolute atomic E-state index is 11.9. The second-order valence-electron chi connectivity index (χ2n) is 6.04. The zero-order valence-electron chi connectivity index (χ0n) is 12.4. The number of amides is 1. The summed E-state index contributed by atoms with van der Waals surface area (Å²) in [5.41, 5.74) is 1.52. The second kappa shape index (κ2) is 7.44. The number of aryl methyl sites for hydroxylation is 1. The molecule has 1 aromatic rings. The normalized spacial score (nSPS) is 17.6. The van der Waals surface area contributed by atoms with E-state index in [1.54, 1.807) is 0 Å². The van der Waals surface area contributed by atoms with E-state index in [1.807, 2.05) is 18.2 Å². The van der Waals surface area contributed by atoms with Crippen LogP contribution in [0.5, 0.6) is 0 Å². The molecule has 2 rings (SSSR count). The molecule has 1 fully saturated rings. The molecule has 1 aromatic carbocycles. The Morgan fingerprint density at radius 1 is 1.25 bits per heavy atom. The van der Waals surface area contributed by atoms with Crippen molar-refractivity contribution >= 4 is 5.91 Å². The molecule has 1 N–H and O–H groups in total. The number of rotatable bonds is 6. The quantitative estimate of drug-likeness (QED) is 0.867. The lowest BCUT2D eigenvalue weighted by molar-refractivity contribution is -0.122. The Labute approximate surface area is 121 Å². The minimum absolute atomic E-state index is 0.175. The molecule has 0 spiro atoms. The summed E-state index contributed by atoms with van der Waals surface area (Å²) in [6.45, 7) is 4.65. The van der Waals surface area contributed by atoms with E-state index in [0.29, 0.717) is 6.42 Å². The van der Waals surface area contributed by atoms with Gasteiger partial charge >= 0.3 is 0 Å². The Kier molecular flexibility index (Phi) is 5.60. The summed E-state index contributed by atoms with van der Waals surface area (Å²) in [6.07, 6.45) is 4.57. The van der Waals surface area contributed by atoms with Crippen LogP contribution < -0.4 is 5.32 Å². The maximum atomic E-state index is 11.9. The molecule has 0 aliphatic carbocycles. The number of carbonyl (C=O) groups is 1. The summed E-state index contributed by atoms with van der Waals surface area (Å²) < 4.78 is 5.37. The minimum Gasteiger partial charge on any atom is -0.381 e. The van der Waals surface area contributed by atoms with E-state index < -0.39 is 0 Å².